The Morgan fingerprint density at radius 2 is 2.05 bits per heavy atom. The highest BCUT2D eigenvalue weighted by atomic mass is 16.1. The van der Waals surface area contributed by atoms with Crippen molar-refractivity contribution in [2.45, 2.75) is 39.2 Å². The first kappa shape index (κ1) is 13.7. The second-order valence-corrected chi connectivity index (χ2v) is 5.78. The summed E-state index contributed by atoms with van der Waals surface area (Å²) in [4.78, 5) is 11.3. The van der Waals surface area contributed by atoms with Gasteiger partial charge in [-0.3, -0.25) is 4.79 Å². The molecule has 2 rings (SSSR count). The number of hydrogen-bond donors (Lipinski definition) is 3. The van der Waals surface area contributed by atoms with E-state index >= 15 is 0 Å². The largest absolute Gasteiger partial charge is 0.396 e. The first-order valence-electron chi connectivity index (χ1n) is 6.94. The van der Waals surface area contributed by atoms with Gasteiger partial charge in [-0.2, -0.15) is 0 Å². The topological polar surface area (TPSA) is 81.1 Å². The lowest BCUT2D eigenvalue weighted by Crippen LogP contribution is -2.33. The molecule has 104 valence electrons. The average molecular weight is 261 g/mol. The molecule has 0 radical (unpaired) electrons. The molecular formula is C15H23N3O. The molecule has 4 heteroatoms. The fourth-order valence-corrected chi connectivity index (χ4v) is 2.99. The van der Waals surface area contributed by atoms with E-state index < -0.39 is 5.91 Å². The van der Waals surface area contributed by atoms with Gasteiger partial charge in [0.15, 0.2) is 0 Å². The molecule has 0 aliphatic heterocycles. The predicted molar refractivity (Wildman–Crippen MR) is 79.0 cm³/mol. The van der Waals surface area contributed by atoms with Gasteiger partial charge in [-0.1, -0.05) is 19.9 Å². The van der Waals surface area contributed by atoms with Crippen LogP contribution in [-0.2, 0) is 0 Å². The van der Waals surface area contributed by atoms with Crippen molar-refractivity contribution in [2.75, 3.05) is 11.1 Å². The highest BCUT2D eigenvalue weighted by Gasteiger charge is 2.25. The number of carbonyl (C=O) groups excluding carboxylic acids is 1. The predicted octanol–water partition coefficient (Wildman–Crippen LogP) is 2.60. The lowest BCUT2D eigenvalue weighted by molar-refractivity contribution is 0.100. The molecule has 3 unspecified atom stereocenters. The fraction of sp³-hybridized carbons (Fsp3) is 0.533. The van der Waals surface area contributed by atoms with E-state index in [4.69, 9.17) is 11.5 Å². The first-order valence-corrected chi connectivity index (χ1v) is 6.94. The van der Waals surface area contributed by atoms with Crippen molar-refractivity contribution in [3.05, 3.63) is 23.8 Å². The van der Waals surface area contributed by atoms with E-state index in [-0.39, 0.29) is 0 Å². The Bertz CT molecular complexity index is 472. The molecule has 0 spiro atoms. The molecule has 0 bridgehead atoms. The summed E-state index contributed by atoms with van der Waals surface area (Å²) in [6, 6.07) is 5.80. The van der Waals surface area contributed by atoms with Gasteiger partial charge >= 0.3 is 0 Å². The Hall–Kier alpha value is -1.71. The Morgan fingerprint density at radius 1 is 1.32 bits per heavy atom. The van der Waals surface area contributed by atoms with Crippen LogP contribution >= 0.6 is 0 Å². The molecule has 1 amide bonds. The lowest BCUT2D eigenvalue weighted by atomic mass is 9.80. The lowest BCUT2D eigenvalue weighted by Gasteiger charge is -2.34. The molecule has 4 nitrogen and oxygen atoms in total. The van der Waals surface area contributed by atoms with Crippen LogP contribution in [0.4, 0.5) is 11.4 Å². The van der Waals surface area contributed by atoms with E-state index in [1.54, 1.807) is 6.07 Å². The summed E-state index contributed by atoms with van der Waals surface area (Å²) >= 11 is 0. The SMILES string of the molecule is CC1CCC(Nc2cccc(C(N)=O)c2N)C(C)C1. The van der Waals surface area contributed by atoms with Crippen molar-refractivity contribution in [2.24, 2.45) is 17.6 Å². The number of nitrogens with two attached hydrogens (primary N) is 2. The maximum Gasteiger partial charge on any atom is 0.250 e. The van der Waals surface area contributed by atoms with Gasteiger partial charge in [-0.05, 0) is 43.2 Å². The van der Waals surface area contributed by atoms with Gasteiger partial charge in [0.2, 0.25) is 0 Å². The molecular weight excluding hydrogens is 238 g/mol. The normalized spacial score (nSPS) is 26.9. The molecule has 19 heavy (non-hydrogen) atoms. The number of amides is 1. The number of rotatable bonds is 3. The molecule has 5 N–H and O–H groups in total. The number of anilines is 2. The van der Waals surface area contributed by atoms with Crippen LogP contribution in [0.1, 0.15) is 43.5 Å². The number of benzene rings is 1. The third kappa shape index (κ3) is 3.00. The van der Waals surface area contributed by atoms with Crippen LogP contribution in [0.2, 0.25) is 0 Å². The first-order chi connectivity index (χ1) is 8.99. The van der Waals surface area contributed by atoms with Gasteiger partial charge in [0, 0.05) is 6.04 Å². The Labute approximate surface area is 114 Å². The molecule has 1 aliphatic rings. The van der Waals surface area contributed by atoms with E-state index in [2.05, 4.69) is 19.2 Å². The van der Waals surface area contributed by atoms with Crippen LogP contribution in [-0.4, -0.2) is 11.9 Å². The van der Waals surface area contributed by atoms with Gasteiger partial charge < -0.3 is 16.8 Å². The van der Waals surface area contributed by atoms with Crippen LogP contribution in [0.25, 0.3) is 0 Å². The van der Waals surface area contributed by atoms with Gasteiger partial charge in [-0.15, -0.1) is 0 Å². The van der Waals surface area contributed by atoms with Crippen LogP contribution in [0, 0.1) is 11.8 Å². The summed E-state index contributed by atoms with van der Waals surface area (Å²) in [7, 11) is 0. The minimum atomic E-state index is -0.480. The molecule has 1 aromatic carbocycles. The van der Waals surface area contributed by atoms with Crippen molar-refractivity contribution >= 4 is 17.3 Å². The third-order valence-corrected chi connectivity index (χ3v) is 4.14. The zero-order valence-electron chi connectivity index (χ0n) is 11.6. The monoisotopic (exact) mass is 261 g/mol. The summed E-state index contributed by atoms with van der Waals surface area (Å²) in [5, 5.41) is 3.48. The maximum atomic E-state index is 11.3. The summed E-state index contributed by atoms with van der Waals surface area (Å²) in [6.45, 7) is 4.57. The molecule has 1 saturated carbocycles. The zero-order chi connectivity index (χ0) is 14.0. The van der Waals surface area contributed by atoms with Crippen molar-refractivity contribution in [1.82, 2.24) is 0 Å². The van der Waals surface area contributed by atoms with Crippen molar-refractivity contribution in [3.63, 3.8) is 0 Å². The van der Waals surface area contributed by atoms with E-state index in [9.17, 15) is 4.79 Å². The minimum absolute atomic E-state index is 0.391. The van der Waals surface area contributed by atoms with Gasteiger partial charge in [-0.25, -0.2) is 0 Å². The van der Waals surface area contributed by atoms with Crippen LogP contribution in [0.15, 0.2) is 18.2 Å². The smallest absolute Gasteiger partial charge is 0.250 e. The van der Waals surface area contributed by atoms with Gasteiger partial charge in [0.25, 0.3) is 5.91 Å². The summed E-state index contributed by atoms with van der Waals surface area (Å²) in [5.41, 5.74) is 13.0. The number of para-hydroxylation sites is 1. The number of hydrogen-bond acceptors (Lipinski definition) is 3. The molecule has 1 fully saturated rings. The molecule has 1 aliphatic carbocycles. The summed E-state index contributed by atoms with van der Waals surface area (Å²) < 4.78 is 0. The fourth-order valence-electron chi connectivity index (χ4n) is 2.99. The second kappa shape index (κ2) is 5.51. The van der Waals surface area contributed by atoms with Crippen LogP contribution < -0.4 is 16.8 Å². The highest BCUT2D eigenvalue weighted by molar-refractivity contribution is 6.00. The van der Waals surface area contributed by atoms with Crippen LogP contribution in [0.3, 0.4) is 0 Å². The maximum absolute atomic E-state index is 11.3. The van der Waals surface area contributed by atoms with E-state index in [0.29, 0.717) is 23.2 Å². The Balaban J connectivity index is 2.15. The summed E-state index contributed by atoms with van der Waals surface area (Å²) in [6.07, 6.45) is 3.60. The standard InChI is InChI=1S/C15H23N3O/c1-9-6-7-12(10(2)8-9)18-13-5-3-4-11(14(13)16)15(17)19/h3-5,9-10,12,18H,6-8,16H2,1-2H3,(H2,17,19). The molecule has 0 saturated heterocycles. The van der Waals surface area contributed by atoms with Gasteiger partial charge in [0.05, 0.1) is 16.9 Å². The van der Waals surface area contributed by atoms with Crippen LogP contribution in [0.5, 0.6) is 0 Å². The second-order valence-electron chi connectivity index (χ2n) is 5.78. The van der Waals surface area contributed by atoms with Gasteiger partial charge in [0.1, 0.15) is 0 Å². The van der Waals surface area contributed by atoms with E-state index in [1.807, 2.05) is 12.1 Å². The minimum Gasteiger partial charge on any atom is -0.396 e. The molecule has 0 heterocycles. The number of nitrogen functional groups attached to an aromatic ring is 1. The zero-order valence-corrected chi connectivity index (χ0v) is 11.6. The molecule has 3 atom stereocenters. The quantitative estimate of drug-likeness (QED) is 0.731. The number of nitrogens with one attached hydrogen (secondary N) is 1. The Morgan fingerprint density at radius 3 is 2.68 bits per heavy atom. The average Bonchev–Trinajstić information content (AvgIpc) is 2.34. The van der Waals surface area contributed by atoms with Crippen molar-refractivity contribution in [1.29, 1.82) is 0 Å². The van der Waals surface area contributed by atoms with Crippen molar-refractivity contribution in [3.8, 4) is 0 Å². The van der Waals surface area contributed by atoms with Crippen molar-refractivity contribution < 1.29 is 4.79 Å². The summed E-state index contributed by atoms with van der Waals surface area (Å²) in [5.74, 6) is 0.925. The third-order valence-electron chi connectivity index (χ3n) is 4.14. The molecule has 1 aromatic rings. The van der Waals surface area contributed by atoms with E-state index in [1.165, 1.54) is 12.8 Å². The molecule has 0 aromatic heterocycles. The number of carbonyl (C=O) groups is 1. The van der Waals surface area contributed by atoms with E-state index in [0.717, 1.165) is 18.0 Å². The Kier molecular flexibility index (Phi) is 3.98. The highest BCUT2D eigenvalue weighted by Crippen LogP contribution is 2.32. The number of primary amides is 1.